The van der Waals surface area contributed by atoms with E-state index in [-0.39, 0.29) is 5.88 Å². The first-order valence-electron chi connectivity index (χ1n) is 3.64. The molecule has 0 fully saturated rings. The van der Waals surface area contributed by atoms with E-state index in [4.69, 9.17) is 21.8 Å². The van der Waals surface area contributed by atoms with Crippen molar-refractivity contribution >= 4 is 39.7 Å². The van der Waals surface area contributed by atoms with Gasteiger partial charge in [-0.3, -0.25) is 5.21 Å². The van der Waals surface area contributed by atoms with Crippen LogP contribution in [0, 0.1) is 11.4 Å². The number of rotatable bonds is 1. The molecule has 0 aliphatic heterocycles. The van der Waals surface area contributed by atoms with E-state index in [9.17, 15) is 0 Å². The Hall–Kier alpha value is -0.910. The molecule has 0 spiro atoms. The molecule has 0 aliphatic rings. The summed E-state index contributed by atoms with van der Waals surface area (Å²) >= 11 is 6.67. The molecule has 5 heteroatoms. The minimum absolute atomic E-state index is 0.277. The minimum atomic E-state index is 0.277. The second-order valence-corrected chi connectivity index (χ2v) is 3.98. The second-order valence-electron chi connectivity index (χ2n) is 2.66. The lowest BCUT2D eigenvalue weighted by molar-refractivity contribution is 0.365. The maximum absolute atomic E-state index is 8.66. The zero-order valence-corrected chi connectivity index (χ0v) is 8.46. The SMILES string of the molecule is Cc1csc2c(=S)cc(NO)oc12. The topological polar surface area (TPSA) is 45.4 Å². The van der Waals surface area contributed by atoms with Crippen LogP contribution in [0.1, 0.15) is 5.56 Å². The molecule has 0 radical (unpaired) electrons. The fraction of sp³-hybridized carbons (Fsp3) is 0.125. The molecule has 2 rings (SSSR count). The third-order valence-electron chi connectivity index (χ3n) is 1.73. The molecule has 3 nitrogen and oxygen atoms in total. The first-order chi connectivity index (χ1) is 6.22. The van der Waals surface area contributed by atoms with Crippen molar-refractivity contribution in [1.82, 2.24) is 0 Å². The maximum Gasteiger partial charge on any atom is 0.218 e. The third kappa shape index (κ3) is 1.35. The van der Waals surface area contributed by atoms with E-state index in [1.165, 1.54) is 0 Å². The van der Waals surface area contributed by atoms with Crippen LogP contribution in [0.15, 0.2) is 15.9 Å². The predicted molar refractivity (Wildman–Crippen MR) is 55.1 cm³/mol. The van der Waals surface area contributed by atoms with Crippen molar-refractivity contribution in [2.75, 3.05) is 5.48 Å². The lowest BCUT2D eigenvalue weighted by Crippen LogP contribution is -1.88. The summed E-state index contributed by atoms with van der Waals surface area (Å²) in [6.07, 6.45) is 0. The van der Waals surface area contributed by atoms with Crippen LogP contribution in [0.4, 0.5) is 5.88 Å². The highest BCUT2D eigenvalue weighted by atomic mass is 32.1. The Morgan fingerprint density at radius 1 is 1.62 bits per heavy atom. The fourth-order valence-electron chi connectivity index (χ4n) is 1.11. The smallest absolute Gasteiger partial charge is 0.218 e. The first kappa shape index (κ1) is 8.68. The van der Waals surface area contributed by atoms with E-state index in [0.29, 0.717) is 4.51 Å². The van der Waals surface area contributed by atoms with Crippen LogP contribution in [-0.2, 0) is 0 Å². The summed E-state index contributed by atoms with van der Waals surface area (Å²) in [4.78, 5) is 0. The first-order valence-corrected chi connectivity index (χ1v) is 4.93. The zero-order chi connectivity index (χ0) is 9.42. The van der Waals surface area contributed by atoms with Crippen LogP contribution in [0.25, 0.3) is 10.3 Å². The van der Waals surface area contributed by atoms with Gasteiger partial charge in [0.1, 0.15) is 0 Å². The Balaban J connectivity index is 2.88. The van der Waals surface area contributed by atoms with Crippen molar-refractivity contribution in [3.63, 3.8) is 0 Å². The van der Waals surface area contributed by atoms with Crippen LogP contribution in [0.5, 0.6) is 0 Å². The molecular weight excluding hydrogens is 206 g/mol. The van der Waals surface area contributed by atoms with Crippen LogP contribution in [0.2, 0.25) is 0 Å². The highest BCUT2D eigenvalue weighted by Gasteiger charge is 2.05. The highest BCUT2D eigenvalue weighted by Crippen LogP contribution is 2.29. The number of hydrogen-bond acceptors (Lipinski definition) is 5. The van der Waals surface area contributed by atoms with E-state index in [1.54, 1.807) is 17.4 Å². The van der Waals surface area contributed by atoms with Gasteiger partial charge in [0.25, 0.3) is 0 Å². The van der Waals surface area contributed by atoms with Gasteiger partial charge in [-0.1, -0.05) is 12.2 Å². The average Bonchev–Trinajstić information content (AvgIpc) is 2.48. The van der Waals surface area contributed by atoms with Gasteiger partial charge in [0, 0.05) is 11.6 Å². The summed E-state index contributed by atoms with van der Waals surface area (Å²) in [5.74, 6) is 0.277. The Labute approximate surface area is 83.6 Å². The van der Waals surface area contributed by atoms with E-state index in [2.05, 4.69) is 0 Å². The van der Waals surface area contributed by atoms with Crippen molar-refractivity contribution in [3.05, 3.63) is 21.5 Å². The zero-order valence-electron chi connectivity index (χ0n) is 6.83. The van der Waals surface area contributed by atoms with Crippen molar-refractivity contribution in [2.45, 2.75) is 6.92 Å². The molecule has 2 N–H and O–H groups in total. The van der Waals surface area contributed by atoms with Gasteiger partial charge >= 0.3 is 0 Å². The van der Waals surface area contributed by atoms with Gasteiger partial charge in [-0.05, 0) is 12.3 Å². The Kier molecular flexibility index (Phi) is 2.07. The summed E-state index contributed by atoms with van der Waals surface area (Å²) < 4.78 is 6.99. The van der Waals surface area contributed by atoms with E-state index >= 15 is 0 Å². The van der Waals surface area contributed by atoms with Gasteiger partial charge < -0.3 is 4.42 Å². The molecule has 2 aromatic heterocycles. The molecule has 2 aromatic rings. The monoisotopic (exact) mass is 213 g/mol. The van der Waals surface area contributed by atoms with Gasteiger partial charge in [0.05, 0.1) is 9.21 Å². The number of fused-ring (bicyclic) bond motifs is 1. The summed E-state index contributed by atoms with van der Waals surface area (Å²) in [5, 5.41) is 10.6. The number of anilines is 1. The van der Waals surface area contributed by atoms with E-state index < -0.39 is 0 Å². The predicted octanol–water partition coefficient (Wildman–Crippen LogP) is 3.33. The van der Waals surface area contributed by atoms with Crippen molar-refractivity contribution < 1.29 is 9.62 Å². The van der Waals surface area contributed by atoms with Gasteiger partial charge in [0.15, 0.2) is 5.58 Å². The minimum Gasteiger partial charge on any atom is -0.437 e. The number of thiophene rings is 1. The van der Waals surface area contributed by atoms with Gasteiger partial charge in [-0.15, -0.1) is 11.3 Å². The third-order valence-corrected chi connectivity index (χ3v) is 3.29. The fourth-order valence-corrected chi connectivity index (χ4v) is 2.34. The number of hydrogen-bond donors (Lipinski definition) is 2. The van der Waals surface area contributed by atoms with E-state index in [1.807, 2.05) is 17.8 Å². The lowest BCUT2D eigenvalue weighted by atomic mass is 10.3. The normalized spacial score (nSPS) is 10.6. The molecule has 0 bridgehead atoms. The maximum atomic E-state index is 8.66. The summed E-state index contributed by atoms with van der Waals surface area (Å²) in [5.41, 5.74) is 3.72. The molecule has 0 aromatic carbocycles. The summed E-state index contributed by atoms with van der Waals surface area (Å²) in [7, 11) is 0. The van der Waals surface area contributed by atoms with Gasteiger partial charge in [-0.2, -0.15) is 0 Å². The number of nitrogens with one attached hydrogen (secondary N) is 1. The van der Waals surface area contributed by atoms with Crippen LogP contribution < -0.4 is 5.48 Å². The molecule has 0 amide bonds. The van der Waals surface area contributed by atoms with Gasteiger partial charge in [0.2, 0.25) is 5.88 Å². The molecule has 0 aliphatic carbocycles. The quantitative estimate of drug-likeness (QED) is 0.563. The Morgan fingerprint density at radius 2 is 2.38 bits per heavy atom. The molecule has 2 heterocycles. The molecule has 0 unspecified atom stereocenters. The molecule has 0 saturated heterocycles. The molecule has 68 valence electrons. The highest BCUT2D eigenvalue weighted by molar-refractivity contribution is 7.72. The van der Waals surface area contributed by atoms with Crippen LogP contribution >= 0.6 is 23.6 Å². The Bertz CT molecular complexity index is 500. The van der Waals surface area contributed by atoms with Crippen LogP contribution in [-0.4, -0.2) is 5.21 Å². The largest absolute Gasteiger partial charge is 0.437 e. The summed E-state index contributed by atoms with van der Waals surface area (Å²) in [6.45, 7) is 1.94. The molecule has 0 saturated carbocycles. The second kappa shape index (κ2) is 3.10. The van der Waals surface area contributed by atoms with Crippen molar-refractivity contribution in [3.8, 4) is 0 Å². The molecular formula is C8H7NO2S2. The summed E-state index contributed by atoms with van der Waals surface area (Å²) in [6, 6.07) is 1.59. The van der Waals surface area contributed by atoms with Gasteiger partial charge in [-0.25, -0.2) is 5.48 Å². The van der Waals surface area contributed by atoms with Crippen molar-refractivity contribution in [2.24, 2.45) is 0 Å². The Morgan fingerprint density at radius 3 is 3.08 bits per heavy atom. The average molecular weight is 213 g/mol. The van der Waals surface area contributed by atoms with E-state index in [0.717, 1.165) is 15.8 Å². The number of aryl methyl sites for hydroxylation is 1. The molecule has 13 heavy (non-hydrogen) atoms. The van der Waals surface area contributed by atoms with Crippen LogP contribution in [0.3, 0.4) is 0 Å². The lowest BCUT2D eigenvalue weighted by Gasteiger charge is -1.98. The van der Waals surface area contributed by atoms with Crippen molar-refractivity contribution in [1.29, 1.82) is 0 Å². The molecule has 0 atom stereocenters. The standard InChI is InChI=1S/C8H7NO2S2/c1-4-3-13-8-5(12)2-6(9-10)11-7(4)8/h2-3,9-10H,1H3.